The molecule has 0 spiro atoms. The van der Waals surface area contributed by atoms with Crippen LogP contribution in [0.3, 0.4) is 0 Å². The van der Waals surface area contributed by atoms with Crippen molar-refractivity contribution in [3.63, 3.8) is 0 Å². The predicted molar refractivity (Wildman–Crippen MR) is 147 cm³/mol. The smallest absolute Gasteiger partial charge is 0.161 e. The topological polar surface area (TPSA) is 42.5 Å². The summed E-state index contributed by atoms with van der Waals surface area (Å²) in [6.45, 7) is 8.36. The van der Waals surface area contributed by atoms with Gasteiger partial charge in [-0.25, -0.2) is 9.67 Å². The van der Waals surface area contributed by atoms with Crippen LogP contribution >= 0.6 is 0 Å². The lowest BCUT2D eigenvalue weighted by Crippen LogP contribution is -2.15. The Morgan fingerprint density at radius 2 is 1.23 bits per heavy atom. The van der Waals surface area contributed by atoms with Crippen molar-refractivity contribution in [2.24, 2.45) is 9.98 Å². The highest BCUT2D eigenvalue weighted by molar-refractivity contribution is 6.08. The minimum Gasteiger partial charge on any atom is -0.254 e. The molecule has 0 atom stereocenters. The third-order valence-electron chi connectivity index (χ3n) is 6.26. The van der Waals surface area contributed by atoms with E-state index >= 15 is 0 Å². The summed E-state index contributed by atoms with van der Waals surface area (Å²) in [7, 11) is 0. The van der Waals surface area contributed by atoms with Gasteiger partial charge in [-0.3, -0.25) is 4.99 Å². The summed E-state index contributed by atoms with van der Waals surface area (Å²) in [5, 5.41) is 6.07. The van der Waals surface area contributed by atoms with Crippen LogP contribution in [0.15, 0.2) is 101 Å². The largest absolute Gasteiger partial charge is 0.254 e. The Morgan fingerprint density at radius 1 is 0.657 bits per heavy atom. The van der Waals surface area contributed by atoms with Crippen LogP contribution in [0.5, 0.6) is 0 Å². The van der Waals surface area contributed by atoms with Crippen molar-refractivity contribution in [1.82, 2.24) is 9.78 Å². The van der Waals surface area contributed by atoms with Crippen molar-refractivity contribution in [3.8, 4) is 0 Å². The van der Waals surface area contributed by atoms with Crippen molar-refractivity contribution < 1.29 is 0 Å². The average Bonchev–Trinajstić information content (AvgIpc) is 3.23. The molecule has 172 valence electrons. The number of aryl methyl sites for hydroxylation is 4. The fourth-order valence-corrected chi connectivity index (χ4v) is 4.39. The first kappa shape index (κ1) is 22.5. The van der Waals surface area contributed by atoms with Crippen molar-refractivity contribution in [2.75, 3.05) is 0 Å². The average molecular weight is 457 g/mol. The van der Waals surface area contributed by atoms with Crippen molar-refractivity contribution >= 4 is 34.3 Å². The van der Waals surface area contributed by atoms with Crippen LogP contribution in [0.1, 0.15) is 33.5 Å². The molecule has 0 aliphatic rings. The van der Waals surface area contributed by atoms with E-state index in [1.807, 2.05) is 41.2 Å². The second kappa shape index (κ2) is 9.51. The zero-order valence-electron chi connectivity index (χ0n) is 20.5. The maximum atomic E-state index is 5.18. The second-order valence-electron chi connectivity index (χ2n) is 8.85. The zero-order chi connectivity index (χ0) is 24.4. The van der Waals surface area contributed by atoms with E-state index in [4.69, 9.17) is 15.1 Å². The van der Waals surface area contributed by atoms with E-state index in [0.29, 0.717) is 0 Å². The van der Waals surface area contributed by atoms with Gasteiger partial charge < -0.3 is 0 Å². The molecule has 1 aromatic heterocycles. The van der Waals surface area contributed by atoms with E-state index in [0.717, 1.165) is 61.6 Å². The number of nitrogens with zero attached hydrogens (tertiary/aromatic N) is 4. The number of hydrogen-bond donors (Lipinski definition) is 0. The van der Waals surface area contributed by atoms with Gasteiger partial charge in [0.1, 0.15) is 5.69 Å². The fourth-order valence-electron chi connectivity index (χ4n) is 4.39. The molecule has 4 aromatic carbocycles. The van der Waals surface area contributed by atoms with Crippen LogP contribution in [0.2, 0.25) is 0 Å². The summed E-state index contributed by atoms with van der Waals surface area (Å²) in [4.78, 5) is 10.0. The van der Waals surface area contributed by atoms with Gasteiger partial charge >= 0.3 is 0 Å². The van der Waals surface area contributed by atoms with E-state index < -0.39 is 0 Å². The fraction of sp³-hybridized carbons (Fsp3) is 0.129. The van der Waals surface area contributed by atoms with Crippen LogP contribution in [0.4, 0.5) is 11.4 Å². The lowest BCUT2D eigenvalue weighted by Gasteiger charge is -2.11. The molecule has 4 heteroatoms. The molecule has 0 radical (unpaired) electrons. The molecular formula is C31H28N4. The number of hydrogen-bond acceptors (Lipinski definition) is 3. The summed E-state index contributed by atoms with van der Waals surface area (Å²) >= 11 is 0. The Balaban J connectivity index is 1.73. The van der Waals surface area contributed by atoms with Crippen LogP contribution in [0, 0.1) is 27.7 Å². The number of aliphatic imine (C=N–C) groups is 2. The highest BCUT2D eigenvalue weighted by Crippen LogP contribution is 2.27. The van der Waals surface area contributed by atoms with Crippen molar-refractivity contribution in [2.45, 2.75) is 27.7 Å². The lowest BCUT2D eigenvalue weighted by molar-refractivity contribution is 0.956. The normalized spacial score (nSPS) is 12.1. The van der Waals surface area contributed by atoms with Crippen LogP contribution < -0.4 is 0 Å². The first-order valence-corrected chi connectivity index (χ1v) is 11.8. The summed E-state index contributed by atoms with van der Waals surface area (Å²) in [6.07, 6.45) is 1.87. The monoisotopic (exact) mass is 456 g/mol. The maximum absolute atomic E-state index is 5.18. The molecule has 0 amide bonds. The molecule has 0 aliphatic heterocycles. The standard InChI is InChI=1S/C31H28N4/c1-21-12-10-13-22(2)29(21)32-20-27-26-18-8-9-19-28(26)35(34-27)31(25-16-6-5-7-17-25)33-30-23(3)14-11-15-24(30)4/h5-20H,1-4H3/b32-20+,33-31-. The van der Waals surface area contributed by atoms with Gasteiger partial charge in [0.15, 0.2) is 5.84 Å². The number of rotatable bonds is 4. The molecule has 35 heavy (non-hydrogen) atoms. The number of benzene rings is 4. The molecule has 0 saturated carbocycles. The number of fused-ring (bicyclic) bond motifs is 1. The van der Waals surface area contributed by atoms with Crippen molar-refractivity contribution in [1.29, 1.82) is 0 Å². The van der Waals surface area contributed by atoms with E-state index in [9.17, 15) is 0 Å². The third-order valence-corrected chi connectivity index (χ3v) is 6.26. The molecule has 0 N–H and O–H groups in total. The number of para-hydroxylation sites is 3. The molecule has 0 saturated heterocycles. The SMILES string of the molecule is Cc1cccc(C)c1/N=C(/c1ccccc1)n1nc(/C=N/c2c(C)cccc2C)c2ccccc21. The molecule has 0 aliphatic carbocycles. The minimum absolute atomic E-state index is 0.783. The minimum atomic E-state index is 0.783. The summed E-state index contributed by atoms with van der Waals surface area (Å²) < 4.78 is 1.95. The van der Waals surface area contributed by atoms with Gasteiger partial charge in [-0.15, -0.1) is 0 Å². The Kier molecular flexibility index (Phi) is 6.11. The Morgan fingerprint density at radius 3 is 1.89 bits per heavy atom. The van der Waals surface area contributed by atoms with Gasteiger partial charge in [-0.05, 0) is 56.0 Å². The Bertz CT molecular complexity index is 1530. The lowest BCUT2D eigenvalue weighted by atomic mass is 10.1. The van der Waals surface area contributed by atoms with Gasteiger partial charge in [0.2, 0.25) is 0 Å². The van der Waals surface area contributed by atoms with Gasteiger partial charge in [0, 0.05) is 10.9 Å². The van der Waals surface area contributed by atoms with Crippen LogP contribution in [-0.2, 0) is 0 Å². The van der Waals surface area contributed by atoms with E-state index in [2.05, 4.69) is 88.4 Å². The predicted octanol–water partition coefficient (Wildman–Crippen LogP) is 7.65. The molecule has 0 bridgehead atoms. The van der Waals surface area contributed by atoms with Gasteiger partial charge in [-0.1, -0.05) is 84.9 Å². The molecule has 0 fully saturated rings. The van der Waals surface area contributed by atoms with E-state index in [-0.39, 0.29) is 0 Å². The third kappa shape index (κ3) is 4.43. The van der Waals surface area contributed by atoms with Crippen molar-refractivity contribution in [3.05, 3.63) is 125 Å². The molecule has 5 aromatic rings. The first-order chi connectivity index (χ1) is 17.0. The Labute approximate surface area is 206 Å². The first-order valence-electron chi connectivity index (χ1n) is 11.8. The molecular weight excluding hydrogens is 428 g/mol. The second-order valence-corrected chi connectivity index (χ2v) is 8.85. The Hall–Kier alpha value is -4.31. The molecule has 4 nitrogen and oxygen atoms in total. The zero-order valence-corrected chi connectivity index (χ0v) is 20.5. The molecule has 5 rings (SSSR count). The van der Waals surface area contributed by atoms with Gasteiger partial charge in [0.25, 0.3) is 0 Å². The van der Waals surface area contributed by atoms with Gasteiger partial charge in [-0.2, -0.15) is 5.10 Å². The molecule has 0 unspecified atom stereocenters. The van der Waals surface area contributed by atoms with Crippen LogP contribution in [0.25, 0.3) is 10.9 Å². The summed E-state index contributed by atoms with van der Waals surface area (Å²) in [5.41, 5.74) is 9.31. The highest BCUT2D eigenvalue weighted by Gasteiger charge is 2.16. The summed E-state index contributed by atoms with van der Waals surface area (Å²) in [6, 6.07) is 31.0. The summed E-state index contributed by atoms with van der Waals surface area (Å²) in [5.74, 6) is 0.783. The number of aromatic nitrogens is 2. The quantitative estimate of drug-likeness (QED) is 0.202. The van der Waals surface area contributed by atoms with E-state index in [1.165, 1.54) is 0 Å². The van der Waals surface area contributed by atoms with Gasteiger partial charge in [0.05, 0.1) is 23.1 Å². The van der Waals surface area contributed by atoms with E-state index in [1.54, 1.807) is 0 Å². The highest BCUT2D eigenvalue weighted by atomic mass is 15.3. The molecule has 1 heterocycles. The maximum Gasteiger partial charge on any atom is 0.161 e. The van der Waals surface area contributed by atoms with Crippen LogP contribution in [-0.4, -0.2) is 21.8 Å².